The standard InChI is InChI=1S/C29H25N3O4/c1-18-11-13-20(14-12-18)27-21-9-5-6-10-22(21)30-29(36)28(27)23-17-24(19-7-3-2-4-8-19)32(31-23)25(33)15-16-26(34)35/h2-14,24H,15-17H2,1H3,(H,30,36)(H,34,35). The van der Waals surface area contributed by atoms with E-state index in [-0.39, 0.29) is 18.4 Å². The number of carbonyl (C=O) groups is 2. The lowest BCUT2D eigenvalue weighted by Crippen LogP contribution is -2.27. The highest BCUT2D eigenvalue weighted by Crippen LogP contribution is 2.37. The van der Waals surface area contributed by atoms with Crippen molar-refractivity contribution in [2.75, 3.05) is 0 Å². The second-order valence-electron chi connectivity index (χ2n) is 8.93. The first-order valence-corrected chi connectivity index (χ1v) is 11.8. The monoisotopic (exact) mass is 479 g/mol. The molecule has 2 heterocycles. The Labute approximate surface area is 207 Å². The number of nitrogens with one attached hydrogen (secondary N) is 1. The van der Waals surface area contributed by atoms with Crippen LogP contribution in [0.5, 0.6) is 0 Å². The molecule has 3 aromatic carbocycles. The highest BCUT2D eigenvalue weighted by Gasteiger charge is 2.35. The summed E-state index contributed by atoms with van der Waals surface area (Å²) in [6.45, 7) is 2.01. The van der Waals surface area contributed by atoms with Gasteiger partial charge in [0.15, 0.2) is 0 Å². The largest absolute Gasteiger partial charge is 0.481 e. The number of rotatable bonds is 6. The maximum atomic E-state index is 13.5. The molecule has 0 radical (unpaired) electrons. The van der Waals surface area contributed by atoms with E-state index in [4.69, 9.17) is 5.11 Å². The van der Waals surface area contributed by atoms with E-state index in [2.05, 4.69) is 10.1 Å². The first-order valence-electron chi connectivity index (χ1n) is 11.8. The number of carboxylic acids is 1. The third-order valence-electron chi connectivity index (χ3n) is 6.45. The molecule has 4 aromatic rings. The molecule has 0 saturated heterocycles. The maximum absolute atomic E-state index is 13.5. The average molecular weight is 480 g/mol. The molecule has 1 aliphatic heterocycles. The van der Waals surface area contributed by atoms with Crippen LogP contribution in [0.1, 0.15) is 42.0 Å². The minimum absolute atomic E-state index is 0.172. The smallest absolute Gasteiger partial charge is 0.303 e. The number of aromatic nitrogens is 1. The van der Waals surface area contributed by atoms with E-state index in [1.165, 1.54) is 5.01 Å². The lowest BCUT2D eigenvalue weighted by Gasteiger charge is -2.21. The van der Waals surface area contributed by atoms with Crippen LogP contribution in [0, 0.1) is 6.92 Å². The Morgan fingerprint density at radius 2 is 1.64 bits per heavy atom. The Morgan fingerprint density at radius 3 is 2.36 bits per heavy atom. The van der Waals surface area contributed by atoms with Gasteiger partial charge < -0.3 is 10.1 Å². The zero-order chi connectivity index (χ0) is 25.2. The number of aliphatic carboxylic acids is 1. The number of aromatic amines is 1. The molecule has 1 unspecified atom stereocenters. The normalized spacial score (nSPS) is 15.2. The van der Waals surface area contributed by atoms with Crippen LogP contribution in [0.2, 0.25) is 0 Å². The van der Waals surface area contributed by atoms with Crippen molar-refractivity contribution in [1.82, 2.24) is 9.99 Å². The average Bonchev–Trinajstić information content (AvgIpc) is 3.32. The molecule has 2 N–H and O–H groups in total. The highest BCUT2D eigenvalue weighted by molar-refractivity contribution is 6.12. The summed E-state index contributed by atoms with van der Waals surface area (Å²) in [7, 11) is 0. The number of benzene rings is 3. The van der Waals surface area contributed by atoms with E-state index in [0.717, 1.165) is 33.2 Å². The molecular formula is C29H25N3O4. The summed E-state index contributed by atoms with van der Waals surface area (Å²) in [5.74, 6) is -1.44. The van der Waals surface area contributed by atoms with E-state index >= 15 is 0 Å². The fraction of sp³-hybridized carbons (Fsp3) is 0.172. The molecule has 36 heavy (non-hydrogen) atoms. The van der Waals surface area contributed by atoms with Gasteiger partial charge in [0.2, 0.25) is 5.91 Å². The molecular weight excluding hydrogens is 454 g/mol. The Morgan fingerprint density at radius 1 is 0.944 bits per heavy atom. The first kappa shape index (κ1) is 23.2. The van der Waals surface area contributed by atoms with Crippen LogP contribution in [-0.4, -0.2) is 32.7 Å². The summed E-state index contributed by atoms with van der Waals surface area (Å²) < 4.78 is 0. The molecule has 0 spiro atoms. The molecule has 0 aliphatic carbocycles. The third-order valence-corrected chi connectivity index (χ3v) is 6.45. The third kappa shape index (κ3) is 4.43. The summed E-state index contributed by atoms with van der Waals surface area (Å²) in [6.07, 6.45) is -0.121. The topological polar surface area (TPSA) is 103 Å². The number of nitrogens with zero attached hydrogens (tertiary/aromatic N) is 2. The fourth-order valence-corrected chi connectivity index (χ4v) is 4.69. The van der Waals surface area contributed by atoms with Gasteiger partial charge >= 0.3 is 5.97 Å². The molecule has 7 nitrogen and oxygen atoms in total. The lowest BCUT2D eigenvalue weighted by atomic mass is 9.90. The fourth-order valence-electron chi connectivity index (χ4n) is 4.69. The van der Waals surface area contributed by atoms with Gasteiger partial charge in [0.1, 0.15) is 0 Å². The van der Waals surface area contributed by atoms with Crippen LogP contribution < -0.4 is 5.56 Å². The summed E-state index contributed by atoms with van der Waals surface area (Å²) >= 11 is 0. The number of para-hydroxylation sites is 1. The summed E-state index contributed by atoms with van der Waals surface area (Å²) in [6, 6.07) is 24.6. The molecule has 0 bridgehead atoms. The van der Waals surface area contributed by atoms with Crippen LogP contribution in [0.3, 0.4) is 0 Å². The van der Waals surface area contributed by atoms with Crippen LogP contribution in [-0.2, 0) is 9.59 Å². The lowest BCUT2D eigenvalue weighted by molar-refractivity contribution is -0.141. The van der Waals surface area contributed by atoms with E-state index in [1.54, 1.807) is 0 Å². The Balaban J connectivity index is 1.68. The maximum Gasteiger partial charge on any atom is 0.303 e. The van der Waals surface area contributed by atoms with E-state index < -0.39 is 17.9 Å². The number of hydrazone groups is 1. The summed E-state index contributed by atoms with van der Waals surface area (Å²) in [5, 5.41) is 16.0. The van der Waals surface area contributed by atoms with Gasteiger partial charge in [-0.2, -0.15) is 5.10 Å². The Hall–Kier alpha value is -4.52. The van der Waals surface area contributed by atoms with Gasteiger partial charge in [-0.15, -0.1) is 0 Å². The van der Waals surface area contributed by atoms with Gasteiger partial charge in [0, 0.05) is 29.3 Å². The molecule has 1 aliphatic rings. The number of hydrogen-bond acceptors (Lipinski definition) is 4. The van der Waals surface area contributed by atoms with Crippen LogP contribution in [0.15, 0.2) is 88.8 Å². The number of H-pyrrole nitrogens is 1. The van der Waals surface area contributed by atoms with Gasteiger partial charge in [-0.1, -0.05) is 78.4 Å². The Bertz CT molecular complexity index is 1540. The van der Waals surface area contributed by atoms with Gasteiger partial charge in [0.05, 0.1) is 23.7 Å². The number of hydrogen-bond donors (Lipinski definition) is 2. The van der Waals surface area contributed by atoms with Gasteiger partial charge in [-0.05, 0) is 24.1 Å². The van der Waals surface area contributed by atoms with Crippen molar-refractivity contribution in [3.63, 3.8) is 0 Å². The van der Waals surface area contributed by atoms with Crippen molar-refractivity contribution < 1.29 is 14.7 Å². The molecule has 0 saturated carbocycles. The molecule has 7 heteroatoms. The Kier molecular flexibility index (Phi) is 6.21. The summed E-state index contributed by atoms with van der Waals surface area (Å²) in [4.78, 5) is 40.6. The second-order valence-corrected chi connectivity index (χ2v) is 8.93. The molecule has 1 aromatic heterocycles. The number of fused-ring (bicyclic) bond motifs is 1. The van der Waals surface area contributed by atoms with Crippen LogP contribution in [0.4, 0.5) is 0 Å². The summed E-state index contributed by atoms with van der Waals surface area (Å²) in [5.41, 5.74) is 4.97. The predicted octanol–water partition coefficient (Wildman–Crippen LogP) is 5.05. The zero-order valence-electron chi connectivity index (χ0n) is 19.8. The van der Waals surface area contributed by atoms with Crippen molar-refractivity contribution >= 4 is 28.5 Å². The van der Waals surface area contributed by atoms with E-state index in [1.807, 2.05) is 85.8 Å². The highest BCUT2D eigenvalue weighted by atomic mass is 16.4. The molecule has 1 atom stereocenters. The molecule has 5 rings (SSSR count). The van der Waals surface area contributed by atoms with Gasteiger partial charge in [0.25, 0.3) is 5.56 Å². The number of aryl methyl sites for hydroxylation is 1. The van der Waals surface area contributed by atoms with Gasteiger partial charge in [-0.3, -0.25) is 14.4 Å². The second kappa shape index (κ2) is 9.62. The number of amides is 1. The minimum atomic E-state index is -1.05. The van der Waals surface area contributed by atoms with E-state index in [9.17, 15) is 14.4 Å². The minimum Gasteiger partial charge on any atom is -0.481 e. The van der Waals surface area contributed by atoms with Crippen molar-refractivity contribution in [3.8, 4) is 11.1 Å². The van der Waals surface area contributed by atoms with Crippen molar-refractivity contribution in [1.29, 1.82) is 0 Å². The number of carbonyl (C=O) groups excluding carboxylic acids is 1. The van der Waals surface area contributed by atoms with Crippen molar-refractivity contribution in [3.05, 3.63) is 106 Å². The first-order chi connectivity index (χ1) is 17.4. The number of carboxylic acid groups (broad SMARTS) is 1. The molecule has 0 fully saturated rings. The quantitative estimate of drug-likeness (QED) is 0.404. The molecule has 180 valence electrons. The van der Waals surface area contributed by atoms with Crippen molar-refractivity contribution in [2.24, 2.45) is 5.10 Å². The van der Waals surface area contributed by atoms with E-state index in [0.29, 0.717) is 17.7 Å². The van der Waals surface area contributed by atoms with Crippen molar-refractivity contribution in [2.45, 2.75) is 32.2 Å². The zero-order valence-corrected chi connectivity index (χ0v) is 19.8. The molecule has 1 amide bonds. The number of pyridine rings is 1. The van der Waals surface area contributed by atoms with Gasteiger partial charge in [-0.25, -0.2) is 5.01 Å². The van der Waals surface area contributed by atoms with Crippen LogP contribution in [0.25, 0.3) is 22.0 Å². The predicted molar refractivity (Wildman–Crippen MR) is 139 cm³/mol. The van der Waals surface area contributed by atoms with Crippen LogP contribution >= 0.6 is 0 Å². The SMILES string of the molecule is Cc1ccc(-c2c(C3=NN(C(=O)CCC(=O)O)C(c4ccccc4)C3)c(=O)[nH]c3ccccc23)cc1.